The third-order valence-corrected chi connectivity index (χ3v) is 1.81. The molecule has 66 valence electrons. The van der Waals surface area contributed by atoms with E-state index in [1.165, 1.54) is 6.07 Å². The summed E-state index contributed by atoms with van der Waals surface area (Å²) in [5.41, 5.74) is -0.650. The van der Waals surface area contributed by atoms with Crippen LogP contribution >= 0.6 is 11.6 Å². The number of carbonyl (C=O) groups is 1. The molecule has 0 aromatic heterocycles. The maximum Gasteiger partial charge on any atom is 0.337 e. The van der Waals surface area contributed by atoms with E-state index in [0.29, 0.717) is 0 Å². The zero-order valence-electron chi connectivity index (χ0n) is 6.21. The number of halogens is 2. The molecule has 0 fully saturated rings. The number of nitrogens with zero attached hydrogens (tertiary/aromatic N) is 1. The van der Waals surface area contributed by atoms with Crippen LogP contribution in [0, 0.1) is 17.1 Å². The molecule has 0 heterocycles. The zero-order chi connectivity index (χ0) is 10.0. The zero-order valence-corrected chi connectivity index (χ0v) is 6.97. The Morgan fingerprint density at radius 2 is 2.23 bits per heavy atom. The highest BCUT2D eigenvalue weighted by Crippen LogP contribution is 2.22. The predicted octanol–water partition coefficient (Wildman–Crippen LogP) is 2.05. The van der Waals surface area contributed by atoms with Gasteiger partial charge in [-0.3, -0.25) is 0 Å². The lowest BCUT2D eigenvalue weighted by Gasteiger charge is -2.00. The number of rotatable bonds is 1. The Hall–Kier alpha value is -1.60. The van der Waals surface area contributed by atoms with Crippen LogP contribution in [0.15, 0.2) is 12.1 Å². The fraction of sp³-hybridized carbons (Fsp3) is 0. The summed E-state index contributed by atoms with van der Waals surface area (Å²) in [5.74, 6) is -2.11. The van der Waals surface area contributed by atoms with Gasteiger partial charge in [0, 0.05) is 0 Å². The van der Waals surface area contributed by atoms with Crippen LogP contribution in [0.5, 0.6) is 0 Å². The highest BCUT2D eigenvalue weighted by Gasteiger charge is 2.15. The Morgan fingerprint density at radius 3 is 2.69 bits per heavy atom. The summed E-state index contributed by atoms with van der Waals surface area (Å²) in [7, 11) is 0. The Bertz CT molecular complexity index is 411. The SMILES string of the molecule is N#Cc1c(C(=O)O)ccc(F)c1Cl. The van der Waals surface area contributed by atoms with Gasteiger partial charge in [0.2, 0.25) is 0 Å². The molecule has 0 aliphatic heterocycles. The number of hydrogen-bond acceptors (Lipinski definition) is 2. The van der Waals surface area contributed by atoms with Gasteiger partial charge in [0.15, 0.2) is 0 Å². The molecule has 0 bridgehead atoms. The van der Waals surface area contributed by atoms with E-state index in [1.54, 1.807) is 0 Å². The van der Waals surface area contributed by atoms with Crippen molar-refractivity contribution in [3.05, 3.63) is 34.1 Å². The monoisotopic (exact) mass is 199 g/mol. The van der Waals surface area contributed by atoms with Crippen molar-refractivity contribution in [2.24, 2.45) is 0 Å². The minimum Gasteiger partial charge on any atom is -0.478 e. The Kier molecular flexibility index (Phi) is 2.49. The normalized spacial score (nSPS) is 9.31. The van der Waals surface area contributed by atoms with Crippen molar-refractivity contribution in [1.82, 2.24) is 0 Å². The average molecular weight is 200 g/mol. The minimum absolute atomic E-state index is 0.297. The smallest absolute Gasteiger partial charge is 0.337 e. The minimum atomic E-state index is -1.31. The first-order valence-electron chi connectivity index (χ1n) is 3.19. The summed E-state index contributed by atoms with van der Waals surface area (Å²) in [4.78, 5) is 10.5. The molecule has 0 radical (unpaired) electrons. The molecule has 1 aromatic rings. The standard InChI is InChI=1S/C8H3ClFNO2/c9-7-5(3-11)4(8(12)13)1-2-6(7)10/h1-2H,(H,12,13). The maximum absolute atomic E-state index is 12.7. The molecule has 0 saturated heterocycles. The van der Waals surface area contributed by atoms with Gasteiger partial charge in [-0.2, -0.15) is 5.26 Å². The van der Waals surface area contributed by atoms with Crippen molar-refractivity contribution in [3.8, 4) is 6.07 Å². The highest BCUT2D eigenvalue weighted by atomic mass is 35.5. The summed E-state index contributed by atoms with van der Waals surface area (Å²) in [6.07, 6.45) is 0. The summed E-state index contributed by atoms with van der Waals surface area (Å²) in [5, 5.41) is 16.6. The number of hydrogen-bond donors (Lipinski definition) is 1. The molecule has 0 amide bonds. The second kappa shape index (κ2) is 3.42. The molecule has 0 saturated carbocycles. The second-order valence-corrected chi connectivity index (χ2v) is 2.58. The van der Waals surface area contributed by atoms with Crippen molar-refractivity contribution in [2.75, 3.05) is 0 Å². The van der Waals surface area contributed by atoms with Crippen LogP contribution in [-0.4, -0.2) is 11.1 Å². The van der Waals surface area contributed by atoms with E-state index in [0.717, 1.165) is 12.1 Å². The summed E-state index contributed by atoms with van der Waals surface area (Å²) >= 11 is 5.38. The van der Waals surface area contributed by atoms with Crippen molar-refractivity contribution in [3.63, 3.8) is 0 Å². The van der Waals surface area contributed by atoms with Gasteiger partial charge < -0.3 is 5.11 Å². The van der Waals surface area contributed by atoms with Crippen LogP contribution in [0.3, 0.4) is 0 Å². The van der Waals surface area contributed by atoms with Crippen LogP contribution in [0.4, 0.5) is 4.39 Å². The number of nitriles is 1. The third kappa shape index (κ3) is 1.60. The lowest BCUT2D eigenvalue weighted by Crippen LogP contribution is -2.01. The molecule has 0 spiro atoms. The summed E-state index contributed by atoms with van der Waals surface area (Å²) in [6.45, 7) is 0. The van der Waals surface area contributed by atoms with E-state index in [4.69, 9.17) is 22.0 Å². The predicted molar refractivity (Wildman–Crippen MR) is 43.1 cm³/mol. The van der Waals surface area contributed by atoms with Gasteiger partial charge in [0.05, 0.1) is 16.1 Å². The first-order chi connectivity index (χ1) is 6.07. The van der Waals surface area contributed by atoms with E-state index in [2.05, 4.69) is 0 Å². The third-order valence-electron chi connectivity index (χ3n) is 1.44. The van der Waals surface area contributed by atoms with E-state index in [-0.39, 0.29) is 11.1 Å². The molecule has 13 heavy (non-hydrogen) atoms. The van der Waals surface area contributed by atoms with E-state index >= 15 is 0 Å². The summed E-state index contributed by atoms with van der Waals surface area (Å²) < 4.78 is 12.7. The van der Waals surface area contributed by atoms with Crippen molar-refractivity contribution >= 4 is 17.6 Å². The molecule has 0 atom stereocenters. The van der Waals surface area contributed by atoms with Gasteiger partial charge in [-0.15, -0.1) is 0 Å². The fourth-order valence-electron chi connectivity index (χ4n) is 0.838. The van der Waals surface area contributed by atoms with E-state index in [9.17, 15) is 9.18 Å². The number of carboxylic acids is 1. The van der Waals surface area contributed by atoms with Crippen molar-refractivity contribution in [2.45, 2.75) is 0 Å². The average Bonchev–Trinajstić information content (AvgIpc) is 2.09. The highest BCUT2D eigenvalue weighted by molar-refractivity contribution is 6.32. The molecule has 0 unspecified atom stereocenters. The van der Waals surface area contributed by atoms with E-state index < -0.39 is 16.8 Å². The molecule has 1 aromatic carbocycles. The van der Waals surface area contributed by atoms with Crippen molar-refractivity contribution in [1.29, 1.82) is 5.26 Å². The Balaban J connectivity index is 3.50. The quantitative estimate of drug-likeness (QED) is 0.753. The van der Waals surface area contributed by atoms with Gasteiger partial charge in [0.25, 0.3) is 0 Å². The van der Waals surface area contributed by atoms with Gasteiger partial charge >= 0.3 is 5.97 Å². The number of carboxylic acid groups (broad SMARTS) is 1. The summed E-state index contributed by atoms with van der Waals surface area (Å²) in [6, 6.07) is 3.44. The molecule has 5 heteroatoms. The molecule has 1 N–H and O–H groups in total. The molecule has 0 aliphatic carbocycles. The molecule has 1 rings (SSSR count). The lowest BCUT2D eigenvalue weighted by molar-refractivity contribution is 0.0696. The van der Waals surface area contributed by atoms with Gasteiger partial charge in [-0.25, -0.2) is 9.18 Å². The number of aromatic carboxylic acids is 1. The van der Waals surface area contributed by atoms with Crippen LogP contribution in [0.2, 0.25) is 5.02 Å². The largest absolute Gasteiger partial charge is 0.478 e. The van der Waals surface area contributed by atoms with Crippen LogP contribution in [-0.2, 0) is 0 Å². The molecule has 3 nitrogen and oxygen atoms in total. The fourth-order valence-corrected chi connectivity index (χ4v) is 1.05. The topological polar surface area (TPSA) is 61.1 Å². The van der Waals surface area contributed by atoms with Gasteiger partial charge in [-0.1, -0.05) is 11.6 Å². The van der Waals surface area contributed by atoms with Crippen molar-refractivity contribution < 1.29 is 14.3 Å². The van der Waals surface area contributed by atoms with Gasteiger partial charge in [-0.05, 0) is 12.1 Å². The van der Waals surface area contributed by atoms with Crippen LogP contribution in [0.1, 0.15) is 15.9 Å². The van der Waals surface area contributed by atoms with Crippen LogP contribution in [0.25, 0.3) is 0 Å². The molecular formula is C8H3ClFNO2. The van der Waals surface area contributed by atoms with Gasteiger partial charge in [0.1, 0.15) is 11.9 Å². The Morgan fingerprint density at radius 1 is 1.62 bits per heavy atom. The maximum atomic E-state index is 12.7. The first-order valence-corrected chi connectivity index (χ1v) is 3.57. The second-order valence-electron chi connectivity index (χ2n) is 2.20. The lowest BCUT2D eigenvalue weighted by atomic mass is 10.1. The van der Waals surface area contributed by atoms with E-state index in [1.807, 2.05) is 0 Å². The Labute approximate surface area is 78.0 Å². The van der Waals surface area contributed by atoms with Crippen LogP contribution < -0.4 is 0 Å². The first kappa shape index (κ1) is 9.49. The molecule has 0 aliphatic rings. The molecular weight excluding hydrogens is 197 g/mol. The number of benzene rings is 1.